The van der Waals surface area contributed by atoms with E-state index >= 15 is 0 Å². The molecule has 2 N–H and O–H groups in total. The molecule has 0 fully saturated rings. The lowest BCUT2D eigenvalue weighted by Crippen LogP contribution is -2.29. The summed E-state index contributed by atoms with van der Waals surface area (Å²) < 4.78 is 0. The smallest absolute Gasteiger partial charge is 0.253 e. The SMILES string of the molecule is CCCC[C@@H](CC)C(=O)Nc1ccc(N(C)C)c(C(=O)NCC(C)C)c1. The number of hydrogen-bond donors (Lipinski definition) is 2. The van der Waals surface area contributed by atoms with Crippen LogP contribution in [-0.4, -0.2) is 32.5 Å². The second-order valence-corrected chi connectivity index (χ2v) is 7.47. The zero-order chi connectivity index (χ0) is 19.7. The number of anilines is 2. The summed E-state index contributed by atoms with van der Waals surface area (Å²) in [6, 6.07) is 5.52. The van der Waals surface area contributed by atoms with Crippen molar-refractivity contribution in [3.63, 3.8) is 0 Å². The van der Waals surface area contributed by atoms with Crippen LogP contribution in [0.3, 0.4) is 0 Å². The molecule has 1 rings (SSSR count). The highest BCUT2D eigenvalue weighted by Gasteiger charge is 2.18. The first-order valence-corrected chi connectivity index (χ1v) is 9.70. The van der Waals surface area contributed by atoms with Gasteiger partial charge < -0.3 is 15.5 Å². The molecule has 2 amide bonds. The maximum atomic E-state index is 12.6. The van der Waals surface area contributed by atoms with Gasteiger partial charge in [0.05, 0.1) is 5.56 Å². The lowest BCUT2D eigenvalue weighted by molar-refractivity contribution is -0.120. The zero-order valence-corrected chi connectivity index (χ0v) is 17.2. The van der Waals surface area contributed by atoms with Crippen molar-refractivity contribution >= 4 is 23.2 Å². The van der Waals surface area contributed by atoms with Gasteiger partial charge in [-0.05, 0) is 37.0 Å². The standard InChI is InChI=1S/C21H35N3O2/c1-7-9-10-16(8-2)20(25)23-17-11-12-19(24(5)6)18(13-17)21(26)22-14-15(3)4/h11-13,15-16H,7-10,14H2,1-6H3,(H,22,26)(H,23,25)/t16-/m1/s1. The van der Waals surface area contributed by atoms with Crippen LogP contribution in [-0.2, 0) is 4.79 Å². The average molecular weight is 362 g/mol. The van der Waals surface area contributed by atoms with Gasteiger partial charge in [-0.25, -0.2) is 0 Å². The minimum Gasteiger partial charge on any atom is -0.377 e. The number of benzene rings is 1. The second kappa shape index (κ2) is 10.8. The highest BCUT2D eigenvalue weighted by atomic mass is 16.2. The number of amides is 2. The number of carbonyl (C=O) groups is 2. The third-order valence-corrected chi connectivity index (χ3v) is 4.43. The summed E-state index contributed by atoms with van der Waals surface area (Å²) in [5, 5.41) is 5.95. The van der Waals surface area contributed by atoms with Gasteiger partial charge in [0.25, 0.3) is 5.91 Å². The number of nitrogens with zero attached hydrogens (tertiary/aromatic N) is 1. The number of nitrogens with one attached hydrogen (secondary N) is 2. The van der Waals surface area contributed by atoms with Crippen molar-refractivity contribution in [1.29, 1.82) is 0 Å². The molecule has 0 bridgehead atoms. The van der Waals surface area contributed by atoms with Gasteiger partial charge in [-0.3, -0.25) is 9.59 Å². The normalized spacial score (nSPS) is 12.0. The van der Waals surface area contributed by atoms with Gasteiger partial charge in [0.1, 0.15) is 0 Å². The summed E-state index contributed by atoms with van der Waals surface area (Å²) in [4.78, 5) is 27.0. The molecular formula is C21H35N3O2. The summed E-state index contributed by atoms with van der Waals surface area (Å²) in [5.41, 5.74) is 2.09. The Morgan fingerprint density at radius 2 is 1.85 bits per heavy atom. The average Bonchev–Trinajstić information content (AvgIpc) is 2.59. The molecule has 1 atom stereocenters. The Kier molecular flexibility index (Phi) is 9.17. The van der Waals surface area contributed by atoms with E-state index in [2.05, 4.69) is 31.4 Å². The van der Waals surface area contributed by atoms with Crippen molar-refractivity contribution in [3.8, 4) is 0 Å². The van der Waals surface area contributed by atoms with Crippen molar-refractivity contribution in [2.24, 2.45) is 11.8 Å². The Morgan fingerprint density at radius 3 is 2.38 bits per heavy atom. The molecule has 1 aromatic rings. The molecule has 0 heterocycles. The third kappa shape index (κ3) is 6.70. The Bertz CT molecular complexity index is 597. The molecule has 1 aromatic carbocycles. The minimum absolute atomic E-state index is 0.0155. The van der Waals surface area contributed by atoms with Crippen molar-refractivity contribution in [2.75, 3.05) is 30.9 Å². The van der Waals surface area contributed by atoms with Crippen LogP contribution in [0.2, 0.25) is 0 Å². The molecule has 0 aliphatic rings. The van der Waals surface area contributed by atoms with Crippen LogP contribution in [0.25, 0.3) is 0 Å². The Balaban J connectivity index is 2.98. The maximum Gasteiger partial charge on any atom is 0.253 e. The zero-order valence-electron chi connectivity index (χ0n) is 17.2. The number of carbonyl (C=O) groups excluding carboxylic acids is 2. The molecule has 0 radical (unpaired) electrons. The molecule has 146 valence electrons. The van der Waals surface area contributed by atoms with Crippen molar-refractivity contribution < 1.29 is 9.59 Å². The highest BCUT2D eigenvalue weighted by molar-refractivity contribution is 6.02. The van der Waals surface area contributed by atoms with E-state index in [1.54, 1.807) is 6.07 Å². The van der Waals surface area contributed by atoms with E-state index in [0.29, 0.717) is 23.7 Å². The Morgan fingerprint density at radius 1 is 1.15 bits per heavy atom. The highest BCUT2D eigenvalue weighted by Crippen LogP contribution is 2.24. The van der Waals surface area contributed by atoms with Crippen LogP contribution in [0.1, 0.15) is 63.7 Å². The van der Waals surface area contributed by atoms with Crippen molar-refractivity contribution in [1.82, 2.24) is 5.32 Å². The quantitative estimate of drug-likeness (QED) is 0.653. The first-order valence-electron chi connectivity index (χ1n) is 9.70. The fraction of sp³-hybridized carbons (Fsp3) is 0.619. The lowest BCUT2D eigenvalue weighted by atomic mass is 9.98. The second-order valence-electron chi connectivity index (χ2n) is 7.47. The molecule has 0 unspecified atom stereocenters. The van der Waals surface area contributed by atoms with Crippen molar-refractivity contribution in [2.45, 2.75) is 53.4 Å². The van der Waals surface area contributed by atoms with E-state index in [4.69, 9.17) is 0 Å². The predicted molar refractivity (Wildman–Crippen MR) is 110 cm³/mol. The van der Waals surface area contributed by atoms with Gasteiger partial charge >= 0.3 is 0 Å². The summed E-state index contributed by atoms with van der Waals surface area (Å²) in [6.07, 6.45) is 3.86. The molecule has 0 spiro atoms. The maximum absolute atomic E-state index is 12.6. The van der Waals surface area contributed by atoms with E-state index in [1.807, 2.05) is 38.1 Å². The number of unbranched alkanes of at least 4 members (excludes halogenated alkanes) is 1. The summed E-state index contributed by atoms with van der Waals surface area (Å²) >= 11 is 0. The lowest BCUT2D eigenvalue weighted by Gasteiger charge is -2.20. The fourth-order valence-electron chi connectivity index (χ4n) is 2.79. The summed E-state index contributed by atoms with van der Waals surface area (Å²) in [6.45, 7) is 8.92. The number of hydrogen-bond acceptors (Lipinski definition) is 3. The molecule has 0 aliphatic carbocycles. The van der Waals surface area contributed by atoms with Crippen LogP contribution in [0, 0.1) is 11.8 Å². The monoisotopic (exact) mass is 361 g/mol. The van der Waals surface area contributed by atoms with E-state index < -0.39 is 0 Å². The Hall–Kier alpha value is -2.04. The van der Waals surface area contributed by atoms with E-state index in [-0.39, 0.29) is 17.7 Å². The molecule has 0 saturated heterocycles. The molecule has 5 heteroatoms. The van der Waals surface area contributed by atoms with Gasteiger partial charge in [-0.2, -0.15) is 0 Å². The van der Waals surface area contributed by atoms with E-state index in [0.717, 1.165) is 31.4 Å². The molecule has 0 aromatic heterocycles. The number of rotatable bonds is 10. The first kappa shape index (κ1) is 22.0. The van der Waals surface area contributed by atoms with Gasteiger partial charge in [-0.1, -0.05) is 40.5 Å². The van der Waals surface area contributed by atoms with Gasteiger partial charge in [0, 0.05) is 37.9 Å². The van der Waals surface area contributed by atoms with Gasteiger partial charge in [-0.15, -0.1) is 0 Å². The molecule has 26 heavy (non-hydrogen) atoms. The van der Waals surface area contributed by atoms with Crippen molar-refractivity contribution in [3.05, 3.63) is 23.8 Å². The van der Waals surface area contributed by atoms with Gasteiger partial charge in [0.2, 0.25) is 5.91 Å². The third-order valence-electron chi connectivity index (χ3n) is 4.43. The largest absolute Gasteiger partial charge is 0.377 e. The van der Waals surface area contributed by atoms with Crippen LogP contribution in [0.4, 0.5) is 11.4 Å². The van der Waals surface area contributed by atoms with E-state index in [9.17, 15) is 9.59 Å². The fourth-order valence-corrected chi connectivity index (χ4v) is 2.79. The van der Waals surface area contributed by atoms with Gasteiger partial charge in [0.15, 0.2) is 0 Å². The summed E-state index contributed by atoms with van der Waals surface area (Å²) in [5.74, 6) is 0.318. The molecule has 0 aliphatic heterocycles. The molecular weight excluding hydrogens is 326 g/mol. The molecule has 0 saturated carbocycles. The Labute approximate surface area is 158 Å². The van der Waals surface area contributed by atoms with Crippen LogP contribution in [0.15, 0.2) is 18.2 Å². The topological polar surface area (TPSA) is 61.4 Å². The van der Waals surface area contributed by atoms with Crippen LogP contribution < -0.4 is 15.5 Å². The summed E-state index contributed by atoms with van der Waals surface area (Å²) in [7, 11) is 3.81. The van der Waals surface area contributed by atoms with Crippen LogP contribution >= 0.6 is 0 Å². The van der Waals surface area contributed by atoms with E-state index in [1.165, 1.54) is 0 Å². The molecule has 5 nitrogen and oxygen atoms in total. The van der Waals surface area contributed by atoms with Crippen LogP contribution in [0.5, 0.6) is 0 Å². The first-order chi connectivity index (χ1) is 12.3. The minimum atomic E-state index is -0.114. The predicted octanol–water partition coefficient (Wildman–Crippen LogP) is 4.29.